The number of hydrogen-bond donors (Lipinski definition) is 1. The molecule has 1 N–H and O–H groups in total. The van der Waals surface area contributed by atoms with Crippen molar-refractivity contribution in [3.63, 3.8) is 0 Å². The Bertz CT molecular complexity index is 773. The van der Waals surface area contributed by atoms with Crippen LogP contribution in [-0.2, 0) is 24.3 Å². The molecule has 0 radical (unpaired) electrons. The van der Waals surface area contributed by atoms with Gasteiger partial charge in [0.05, 0.1) is 25.1 Å². The molecule has 8 heteroatoms. The maximum atomic E-state index is 12.6. The van der Waals surface area contributed by atoms with Gasteiger partial charge in [-0.05, 0) is 31.7 Å². The Labute approximate surface area is 157 Å². The van der Waals surface area contributed by atoms with Gasteiger partial charge in [-0.3, -0.25) is 9.69 Å². The molecule has 0 aliphatic carbocycles. The van der Waals surface area contributed by atoms with Gasteiger partial charge in [0.15, 0.2) is 11.6 Å². The van der Waals surface area contributed by atoms with Crippen molar-refractivity contribution in [2.75, 3.05) is 13.1 Å². The van der Waals surface area contributed by atoms with Crippen molar-refractivity contribution in [3.8, 4) is 0 Å². The predicted molar refractivity (Wildman–Crippen MR) is 98.7 cm³/mol. The van der Waals surface area contributed by atoms with E-state index < -0.39 is 0 Å². The zero-order valence-corrected chi connectivity index (χ0v) is 16.0. The Morgan fingerprint density at radius 1 is 1.38 bits per heavy atom. The van der Waals surface area contributed by atoms with Crippen LogP contribution in [0.3, 0.4) is 0 Å². The van der Waals surface area contributed by atoms with Gasteiger partial charge >= 0.3 is 0 Å². The number of carbonyl (C=O) groups is 1. The zero-order chi connectivity index (χ0) is 18.3. The second-order valence-electron chi connectivity index (χ2n) is 7.39. The number of fused-ring (bicyclic) bond motifs is 1. The number of β-amino-alcohol motifs (C(OH)–C–C–N with tert-alkyl or cyclic N) is 1. The van der Waals surface area contributed by atoms with Crippen molar-refractivity contribution in [1.29, 1.82) is 0 Å². The molecule has 0 spiro atoms. The fourth-order valence-electron chi connectivity index (χ4n) is 3.98. The predicted octanol–water partition coefficient (Wildman–Crippen LogP) is 1.44. The van der Waals surface area contributed by atoms with Gasteiger partial charge in [0.1, 0.15) is 0 Å². The van der Waals surface area contributed by atoms with Crippen LogP contribution >= 0.6 is 11.3 Å². The smallest absolute Gasteiger partial charge is 0.228 e. The fourth-order valence-corrected chi connectivity index (χ4v) is 4.67. The Morgan fingerprint density at radius 3 is 2.96 bits per heavy atom. The van der Waals surface area contributed by atoms with Gasteiger partial charge in [-0.1, -0.05) is 6.07 Å². The lowest BCUT2D eigenvalue weighted by Crippen LogP contribution is -2.40. The number of hydrogen-bond acceptors (Lipinski definition) is 6. The van der Waals surface area contributed by atoms with Gasteiger partial charge in [0.25, 0.3) is 0 Å². The third-order valence-electron chi connectivity index (χ3n) is 5.32. The molecule has 140 valence electrons. The van der Waals surface area contributed by atoms with Crippen molar-refractivity contribution in [2.45, 2.75) is 58.0 Å². The standard InChI is InChI=1S/C18H25N5O2S/c1-12(2)23-10-13(24)8-15(23)18-20-19-16-11-21(5-6-22(16)18)17(25)9-14-4-3-7-26-14/h3-4,7,12-13,15,24H,5-6,8-11H2,1-2H3/t13-,15-/m0/s1. The van der Waals surface area contributed by atoms with E-state index in [0.717, 1.165) is 16.5 Å². The van der Waals surface area contributed by atoms with E-state index in [1.54, 1.807) is 11.3 Å². The molecule has 2 aromatic heterocycles. The van der Waals surface area contributed by atoms with Crippen LogP contribution in [0.5, 0.6) is 0 Å². The van der Waals surface area contributed by atoms with Gasteiger partial charge < -0.3 is 14.6 Å². The maximum absolute atomic E-state index is 12.6. The van der Waals surface area contributed by atoms with Crippen molar-refractivity contribution in [3.05, 3.63) is 34.0 Å². The summed E-state index contributed by atoms with van der Waals surface area (Å²) in [7, 11) is 0. The van der Waals surface area contributed by atoms with Crippen LogP contribution in [0.15, 0.2) is 17.5 Å². The highest BCUT2D eigenvalue weighted by Gasteiger charge is 2.38. The molecule has 2 atom stereocenters. The minimum Gasteiger partial charge on any atom is -0.392 e. The minimum atomic E-state index is -0.317. The summed E-state index contributed by atoms with van der Waals surface area (Å²) in [4.78, 5) is 17.8. The molecule has 4 rings (SSSR count). The number of likely N-dealkylation sites (tertiary alicyclic amines) is 1. The number of rotatable bonds is 4. The van der Waals surface area contributed by atoms with E-state index in [0.29, 0.717) is 45.1 Å². The molecule has 0 saturated carbocycles. The van der Waals surface area contributed by atoms with Gasteiger partial charge in [-0.25, -0.2) is 0 Å². The third kappa shape index (κ3) is 3.28. The molecule has 26 heavy (non-hydrogen) atoms. The SMILES string of the molecule is CC(C)N1C[C@@H](O)C[C@H]1c1nnc2n1CCN(C(=O)Cc1cccs1)C2. The second-order valence-corrected chi connectivity index (χ2v) is 8.43. The molecule has 4 heterocycles. The first-order chi connectivity index (χ1) is 12.5. The molecule has 2 aromatic rings. The maximum Gasteiger partial charge on any atom is 0.228 e. The van der Waals surface area contributed by atoms with E-state index in [-0.39, 0.29) is 18.1 Å². The van der Waals surface area contributed by atoms with Gasteiger partial charge in [-0.15, -0.1) is 21.5 Å². The van der Waals surface area contributed by atoms with E-state index in [4.69, 9.17) is 0 Å². The summed E-state index contributed by atoms with van der Waals surface area (Å²) >= 11 is 1.61. The van der Waals surface area contributed by atoms with Gasteiger partial charge in [0.2, 0.25) is 5.91 Å². The molecule has 1 saturated heterocycles. The second kappa shape index (κ2) is 7.09. The molecule has 1 amide bonds. The molecule has 1 fully saturated rings. The van der Waals surface area contributed by atoms with E-state index in [1.807, 2.05) is 22.4 Å². The van der Waals surface area contributed by atoms with Crippen molar-refractivity contribution >= 4 is 17.2 Å². The highest BCUT2D eigenvalue weighted by molar-refractivity contribution is 7.10. The number of carbonyl (C=O) groups excluding carboxylic acids is 1. The lowest BCUT2D eigenvalue weighted by atomic mass is 10.1. The van der Waals surface area contributed by atoms with Crippen molar-refractivity contribution < 1.29 is 9.90 Å². The number of nitrogens with zero attached hydrogens (tertiary/aromatic N) is 5. The molecule has 0 unspecified atom stereocenters. The highest BCUT2D eigenvalue weighted by Crippen LogP contribution is 2.33. The van der Waals surface area contributed by atoms with Crippen LogP contribution in [-0.4, -0.2) is 60.8 Å². The summed E-state index contributed by atoms with van der Waals surface area (Å²) in [5.41, 5.74) is 0. The minimum absolute atomic E-state index is 0.0969. The number of thiophene rings is 1. The molecular weight excluding hydrogens is 350 g/mol. The van der Waals surface area contributed by atoms with Crippen LogP contribution in [0.25, 0.3) is 0 Å². The average molecular weight is 375 g/mol. The fraction of sp³-hybridized carbons (Fsp3) is 0.611. The van der Waals surface area contributed by atoms with E-state index in [9.17, 15) is 9.90 Å². The Morgan fingerprint density at radius 2 is 2.23 bits per heavy atom. The van der Waals surface area contributed by atoms with Crippen LogP contribution in [0, 0.1) is 0 Å². The monoisotopic (exact) mass is 375 g/mol. The summed E-state index contributed by atoms with van der Waals surface area (Å²) < 4.78 is 2.15. The Hall–Kier alpha value is -1.77. The van der Waals surface area contributed by atoms with Crippen LogP contribution in [0.2, 0.25) is 0 Å². The summed E-state index contributed by atoms with van der Waals surface area (Å²) in [5.74, 6) is 1.91. The van der Waals surface area contributed by atoms with Crippen molar-refractivity contribution in [1.82, 2.24) is 24.6 Å². The quantitative estimate of drug-likeness (QED) is 0.875. The molecule has 0 bridgehead atoms. The Kier molecular flexibility index (Phi) is 4.81. The lowest BCUT2D eigenvalue weighted by molar-refractivity contribution is -0.131. The summed E-state index contributed by atoms with van der Waals surface area (Å²) in [6, 6.07) is 4.42. The van der Waals surface area contributed by atoms with Crippen molar-refractivity contribution in [2.24, 2.45) is 0 Å². The summed E-state index contributed by atoms with van der Waals surface area (Å²) in [6.07, 6.45) is 0.828. The number of aliphatic hydroxyl groups is 1. The summed E-state index contributed by atoms with van der Waals surface area (Å²) in [5, 5.41) is 20.9. The molecular formula is C18H25N5O2S. The van der Waals surface area contributed by atoms with E-state index in [2.05, 4.69) is 33.5 Å². The third-order valence-corrected chi connectivity index (χ3v) is 6.20. The summed E-state index contributed by atoms with van der Waals surface area (Å²) in [6.45, 7) is 6.86. The first-order valence-corrected chi connectivity index (χ1v) is 10.1. The molecule has 0 aromatic carbocycles. The largest absolute Gasteiger partial charge is 0.392 e. The van der Waals surface area contributed by atoms with E-state index in [1.165, 1.54) is 0 Å². The topological polar surface area (TPSA) is 74.5 Å². The van der Waals surface area contributed by atoms with Crippen LogP contribution < -0.4 is 0 Å². The molecule has 2 aliphatic heterocycles. The van der Waals surface area contributed by atoms with E-state index >= 15 is 0 Å². The normalized spacial score (nSPS) is 23.6. The number of aliphatic hydroxyl groups excluding tert-OH is 1. The first kappa shape index (κ1) is 17.6. The molecule has 2 aliphatic rings. The zero-order valence-electron chi connectivity index (χ0n) is 15.2. The highest BCUT2D eigenvalue weighted by atomic mass is 32.1. The lowest BCUT2D eigenvalue weighted by Gasteiger charge is -2.31. The average Bonchev–Trinajstić information content (AvgIpc) is 3.33. The van der Waals surface area contributed by atoms with Gasteiger partial charge in [0, 0.05) is 30.6 Å². The first-order valence-electron chi connectivity index (χ1n) is 9.19. The number of aromatic nitrogens is 3. The Balaban J connectivity index is 1.49. The number of amides is 1. The molecule has 7 nitrogen and oxygen atoms in total. The van der Waals surface area contributed by atoms with Gasteiger partial charge in [-0.2, -0.15) is 0 Å². The van der Waals surface area contributed by atoms with Crippen LogP contribution in [0.4, 0.5) is 0 Å². The van der Waals surface area contributed by atoms with Crippen LogP contribution in [0.1, 0.15) is 42.8 Å².